The summed E-state index contributed by atoms with van der Waals surface area (Å²) in [6, 6.07) is 11.6. The van der Waals surface area contributed by atoms with E-state index in [2.05, 4.69) is 56.4 Å². The highest BCUT2D eigenvalue weighted by molar-refractivity contribution is 5.15. The van der Waals surface area contributed by atoms with Crippen molar-refractivity contribution in [2.24, 2.45) is 16.7 Å². The second-order valence-electron chi connectivity index (χ2n) is 7.71. The van der Waals surface area contributed by atoms with Gasteiger partial charge >= 0.3 is 0 Å². The molecule has 20 heavy (non-hydrogen) atoms. The summed E-state index contributed by atoms with van der Waals surface area (Å²) in [6.45, 7) is 8.68. The summed E-state index contributed by atoms with van der Waals surface area (Å²) in [5.74, 6) is 0.944. The SMILES string of the molecule is CC1(C)C2CCC1(C)C(NCCCc1ccccc1)C2. The smallest absolute Gasteiger partial charge is 0.0129 e. The minimum Gasteiger partial charge on any atom is -0.313 e. The molecule has 3 atom stereocenters. The average Bonchev–Trinajstić information content (AvgIpc) is 2.78. The lowest BCUT2D eigenvalue weighted by Gasteiger charge is -2.39. The van der Waals surface area contributed by atoms with Crippen molar-refractivity contribution in [3.63, 3.8) is 0 Å². The number of hydrogen-bond donors (Lipinski definition) is 1. The minimum atomic E-state index is 0.518. The van der Waals surface area contributed by atoms with E-state index in [1.807, 2.05) is 0 Å². The van der Waals surface area contributed by atoms with Crippen molar-refractivity contribution in [1.29, 1.82) is 0 Å². The largest absolute Gasteiger partial charge is 0.313 e. The summed E-state index contributed by atoms with van der Waals surface area (Å²) >= 11 is 0. The molecule has 0 saturated heterocycles. The lowest BCUT2D eigenvalue weighted by molar-refractivity contribution is 0.121. The topological polar surface area (TPSA) is 12.0 Å². The lowest BCUT2D eigenvalue weighted by Crippen LogP contribution is -2.44. The van der Waals surface area contributed by atoms with Crippen LogP contribution in [0.1, 0.15) is 52.0 Å². The van der Waals surface area contributed by atoms with E-state index in [1.165, 1.54) is 37.7 Å². The van der Waals surface area contributed by atoms with Crippen LogP contribution in [0.25, 0.3) is 0 Å². The zero-order chi connectivity index (χ0) is 14.2. The molecule has 0 amide bonds. The quantitative estimate of drug-likeness (QED) is 0.782. The molecule has 0 spiro atoms. The van der Waals surface area contributed by atoms with E-state index < -0.39 is 0 Å². The molecule has 1 heteroatoms. The molecule has 2 aliphatic carbocycles. The van der Waals surface area contributed by atoms with E-state index in [0.717, 1.165) is 18.5 Å². The van der Waals surface area contributed by atoms with Gasteiger partial charge in [0.25, 0.3) is 0 Å². The fourth-order valence-electron chi connectivity index (χ4n) is 4.73. The Morgan fingerprint density at radius 1 is 1.15 bits per heavy atom. The molecule has 2 bridgehead atoms. The van der Waals surface area contributed by atoms with Crippen molar-refractivity contribution in [2.45, 2.75) is 58.9 Å². The van der Waals surface area contributed by atoms with E-state index in [-0.39, 0.29) is 0 Å². The molecule has 1 nitrogen and oxygen atoms in total. The molecule has 2 fully saturated rings. The van der Waals surface area contributed by atoms with Crippen molar-refractivity contribution in [2.75, 3.05) is 6.54 Å². The molecule has 2 aliphatic rings. The van der Waals surface area contributed by atoms with Crippen LogP contribution in [0.2, 0.25) is 0 Å². The summed E-state index contributed by atoms with van der Waals surface area (Å²) in [5.41, 5.74) is 2.52. The van der Waals surface area contributed by atoms with Gasteiger partial charge in [0.1, 0.15) is 0 Å². The Labute approximate surface area is 124 Å². The summed E-state index contributed by atoms with van der Waals surface area (Å²) in [6.07, 6.45) is 6.72. The summed E-state index contributed by atoms with van der Waals surface area (Å²) in [4.78, 5) is 0. The van der Waals surface area contributed by atoms with Crippen molar-refractivity contribution < 1.29 is 0 Å². The number of rotatable bonds is 5. The third-order valence-electron chi connectivity index (χ3n) is 6.67. The summed E-state index contributed by atoms with van der Waals surface area (Å²) < 4.78 is 0. The van der Waals surface area contributed by atoms with E-state index >= 15 is 0 Å². The first-order valence-corrected chi connectivity index (χ1v) is 8.31. The summed E-state index contributed by atoms with van der Waals surface area (Å²) in [7, 11) is 0. The zero-order valence-corrected chi connectivity index (χ0v) is 13.3. The molecule has 3 rings (SSSR count). The Hall–Kier alpha value is -0.820. The first-order valence-electron chi connectivity index (χ1n) is 8.31. The number of aryl methyl sites for hydroxylation is 1. The fraction of sp³-hybridized carbons (Fsp3) is 0.684. The van der Waals surface area contributed by atoms with Gasteiger partial charge in [0.05, 0.1) is 0 Å². The molecule has 1 aromatic carbocycles. The monoisotopic (exact) mass is 271 g/mol. The summed E-state index contributed by atoms with van der Waals surface area (Å²) in [5, 5.41) is 3.88. The van der Waals surface area contributed by atoms with Gasteiger partial charge in [0.15, 0.2) is 0 Å². The third-order valence-corrected chi connectivity index (χ3v) is 6.67. The van der Waals surface area contributed by atoms with E-state index in [0.29, 0.717) is 10.8 Å². The zero-order valence-electron chi connectivity index (χ0n) is 13.3. The molecule has 1 aromatic rings. The van der Waals surface area contributed by atoms with Gasteiger partial charge in [-0.25, -0.2) is 0 Å². The molecule has 1 N–H and O–H groups in total. The van der Waals surface area contributed by atoms with Crippen LogP contribution in [0.4, 0.5) is 0 Å². The molecule has 2 saturated carbocycles. The number of benzene rings is 1. The van der Waals surface area contributed by atoms with E-state index in [9.17, 15) is 0 Å². The molecule has 110 valence electrons. The second kappa shape index (κ2) is 5.18. The fourth-order valence-corrected chi connectivity index (χ4v) is 4.73. The molecule has 3 unspecified atom stereocenters. The van der Waals surface area contributed by atoms with Gasteiger partial charge in [-0.15, -0.1) is 0 Å². The van der Waals surface area contributed by atoms with Gasteiger partial charge in [-0.05, 0) is 61.0 Å². The van der Waals surface area contributed by atoms with Crippen LogP contribution in [0.3, 0.4) is 0 Å². The van der Waals surface area contributed by atoms with Crippen LogP contribution in [0.15, 0.2) is 30.3 Å². The standard InChI is InChI=1S/C19H29N/c1-18(2)16-11-12-19(18,3)17(14-16)20-13-7-10-15-8-5-4-6-9-15/h4-6,8-9,16-17,20H,7,10-14H2,1-3H3. The number of nitrogens with one attached hydrogen (secondary N) is 1. The van der Waals surface area contributed by atoms with Crippen LogP contribution in [0, 0.1) is 16.7 Å². The molecular formula is C19H29N. The normalized spacial score (nSPS) is 34.5. The average molecular weight is 271 g/mol. The van der Waals surface area contributed by atoms with E-state index in [1.54, 1.807) is 0 Å². The first kappa shape index (κ1) is 14.1. The second-order valence-corrected chi connectivity index (χ2v) is 7.71. The maximum atomic E-state index is 3.88. The van der Waals surface area contributed by atoms with Crippen molar-refractivity contribution in [3.8, 4) is 0 Å². The maximum Gasteiger partial charge on any atom is 0.0129 e. The van der Waals surface area contributed by atoms with Crippen molar-refractivity contribution in [3.05, 3.63) is 35.9 Å². The predicted octanol–water partition coefficient (Wildman–Crippen LogP) is 4.42. The highest BCUT2D eigenvalue weighted by Crippen LogP contribution is 2.65. The van der Waals surface area contributed by atoms with Crippen molar-refractivity contribution >= 4 is 0 Å². The molecule has 0 radical (unpaired) electrons. The molecular weight excluding hydrogens is 242 g/mol. The Kier molecular flexibility index (Phi) is 3.66. The van der Waals surface area contributed by atoms with Gasteiger partial charge in [-0.3, -0.25) is 0 Å². The van der Waals surface area contributed by atoms with Gasteiger partial charge in [0, 0.05) is 6.04 Å². The molecule has 0 aliphatic heterocycles. The number of hydrogen-bond acceptors (Lipinski definition) is 1. The molecule has 0 heterocycles. The van der Waals surface area contributed by atoms with Crippen LogP contribution in [-0.2, 0) is 6.42 Å². The Morgan fingerprint density at radius 2 is 1.90 bits per heavy atom. The van der Waals surface area contributed by atoms with Gasteiger partial charge in [0.2, 0.25) is 0 Å². The molecule has 0 aromatic heterocycles. The van der Waals surface area contributed by atoms with Gasteiger partial charge in [-0.2, -0.15) is 0 Å². The van der Waals surface area contributed by atoms with Crippen LogP contribution in [-0.4, -0.2) is 12.6 Å². The highest BCUT2D eigenvalue weighted by atomic mass is 15.0. The van der Waals surface area contributed by atoms with Crippen LogP contribution < -0.4 is 5.32 Å². The van der Waals surface area contributed by atoms with E-state index in [4.69, 9.17) is 0 Å². The first-order chi connectivity index (χ1) is 9.54. The minimum absolute atomic E-state index is 0.518. The third kappa shape index (κ3) is 2.20. The predicted molar refractivity (Wildman–Crippen MR) is 85.8 cm³/mol. The van der Waals surface area contributed by atoms with Crippen molar-refractivity contribution in [1.82, 2.24) is 5.32 Å². The Bertz CT molecular complexity index is 450. The Morgan fingerprint density at radius 3 is 2.50 bits per heavy atom. The maximum absolute atomic E-state index is 3.88. The lowest BCUT2D eigenvalue weighted by atomic mass is 9.69. The van der Waals surface area contributed by atoms with Gasteiger partial charge < -0.3 is 5.32 Å². The number of fused-ring (bicyclic) bond motifs is 2. The highest BCUT2D eigenvalue weighted by Gasteiger charge is 2.60. The van der Waals surface area contributed by atoms with Gasteiger partial charge in [-0.1, -0.05) is 51.1 Å². The van der Waals surface area contributed by atoms with Crippen LogP contribution in [0.5, 0.6) is 0 Å². The Balaban J connectivity index is 1.49. The van der Waals surface area contributed by atoms with Crippen LogP contribution >= 0.6 is 0 Å².